The number of ether oxygens (including phenoxy) is 1. The van der Waals surface area contributed by atoms with E-state index >= 15 is 0 Å². The van der Waals surface area contributed by atoms with Gasteiger partial charge in [0.2, 0.25) is 0 Å². The van der Waals surface area contributed by atoms with E-state index in [2.05, 4.69) is 0 Å². The first-order valence-corrected chi connectivity index (χ1v) is 7.19. The Labute approximate surface area is 90.4 Å². The fourth-order valence-electron chi connectivity index (χ4n) is 2.15. The van der Waals surface area contributed by atoms with Gasteiger partial charge in [0, 0.05) is 0 Å². The fraction of sp³-hybridized carbons (Fsp3) is 0.800. The van der Waals surface area contributed by atoms with Gasteiger partial charge in [-0.3, -0.25) is 0 Å². The van der Waals surface area contributed by atoms with Crippen LogP contribution in [0.4, 0.5) is 0 Å². The first kappa shape index (κ1) is 11.0. The molecule has 0 aliphatic carbocycles. The lowest BCUT2D eigenvalue weighted by atomic mass is 9.97. The molecule has 15 heavy (non-hydrogen) atoms. The van der Waals surface area contributed by atoms with Gasteiger partial charge in [-0.2, -0.15) is 0 Å². The van der Waals surface area contributed by atoms with Gasteiger partial charge in [-0.25, -0.2) is 8.42 Å². The van der Waals surface area contributed by atoms with Crippen molar-refractivity contribution >= 4 is 9.84 Å². The molecule has 2 unspecified atom stereocenters. The number of sulfone groups is 1. The highest BCUT2D eigenvalue weighted by Gasteiger charge is 2.34. The van der Waals surface area contributed by atoms with Crippen molar-refractivity contribution in [2.24, 2.45) is 11.7 Å². The Morgan fingerprint density at radius 2 is 2.33 bits per heavy atom. The van der Waals surface area contributed by atoms with Crippen molar-refractivity contribution in [1.29, 1.82) is 0 Å². The SMILES string of the molecule is NC(C1=CCCCO1)C1CCS(=O)(=O)C1. The zero-order chi connectivity index (χ0) is 10.9. The first-order chi connectivity index (χ1) is 7.08. The van der Waals surface area contributed by atoms with E-state index in [9.17, 15) is 8.42 Å². The Balaban J connectivity index is 2.02. The maximum absolute atomic E-state index is 11.3. The van der Waals surface area contributed by atoms with Crippen LogP contribution >= 0.6 is 0 Å². The monoisotopic (exact) mass is 231 g/mol. The standard InChI is InChI=1S/C10H17NO3S/c11-10(9-3-1-2-5-14-9)8-4-6-15(12,13)7-8/h3,8,10H,1-2,4-7,11H2. The molecule has 0 aromatic carbocycles. The summed E-state index contributed by atoms with van der Waals surface area (Å²) in [6.45, 7) is 0.707. The van der Waals surface area contributed by atoms with Crippen molar-refractivity contribution in [3.05, 3.63) is 11.8 Å². The maximum Gasteiger partial charge on any atom is 0.150 e. The van der Waals surface area contributed by atoms with Crippen molar-refractivity contribution in [3.63, 3.8) is 0 Å². The number of hydrogen-bond acceptors (Lipinski definition) is 4. The van der Waals surface area contributed by atoms with Gasteiger partial charge >= 0.3 is 0 Å². The molecule has 2 aliphatic rings. The van der Waals surface area contributed by atoms with Crippen molar-refractivity contribution in [2.45, 2.75) is 25.3 Å². The van der Waals surface area contributed by atoms with Gasteiger partial charge in [0.25, 0.3) is 0 Å². The van der Waals surface area contributed by atoms with E-state index in [4.69, 9.17) is 10.5 Å². The Kier molecular flexibility index (Phi) is 3.02. The molecular formula is C10H17NO3S. The Morgan fingerprint density at radius 1 is 1.53 bits per heavy atom. The number of nitrogens with two attached hydrogens (primary N) is 1. The summed E-state index contributed by atoms with van der Waals surface area (Å²) in [5, 5.41) is 0. The van der Waals surface area contributed by atoms with E-state index in [0.717, 1.165) is 18.6 Å². The van der Waals surface area contributed by atoms with Crippen LogP contribution in [0.1, 0.15) is 19.3 Å². The number of hydrogen-bond donors (Lipinski definition) is 1. The van der Waals surface area contributed by atoms with Crippen molar-refractivity contribution in [2.75, 3.05) is 18.1 Å². The van der Waals surface area contributed by atoms with Gasteiger partial charge in [-0.15, -0.1) is 0 Å². The highest BCUT2D eigenvalue weighted by Crippen LogP contribution is 2.26. The van der Waals surface area contributed by atoms with Crippen molar-refractivity contribution in [1.82, 2.24) is 0 Å². The van der Waals surface area contributed by atoms with Crippen LogP contribution in [0.3, 0.4) is 0 Å². The summed E-state index contributed by atoms with van der Waals surface area (Å²) < 4.78 is 28.1. The quantitative estimate of drug-likeness (QED) is 0.749. The second kappa shape index (κ2) is 4.14. The van der Waals surface area contributed by atoms with Gasteiger partial charge in [0.1, 0.15) is 5.76 Å². The molecule has 0 radical (unpaired) electrons. The summed E-state index contributed by atoms with van der Waals surface area (Å²) in [4.78, 5) is 0. The molecule has 0 aromatic rings. The molecule has 0 bridgehead atoms. The van der Waals surface area contributed by atoms with E-state index in [-0.39, 0.29) is 23.5 Å². The summed E-state index contributed by atoms with van der Waals surface area (Å²) in [7, 11) is -2.84. The van der Waals surface area contributed by atoms with Crippen LogP contribution in [0, 0.1) is 5.92 Å². The summed E-state index contributed by atoms with van der Waals surface area (Å²) in [5.41, 5.74) is 6.02. The third kappa shape index (κ3) is 2.52. The van der Waals surface area contributed by atoms with Crippen molar-refractivity contribution < 1.29 is 13.2 Å². The largest absolute Gasteiger partial charge is 0.497 e. The van der Waals surface area contributed by atoms with Crippen LogP contribution in [-0.2, 0) is 14.6 Å². The Morgan fingerprint density at radius 3 is 2.87 bits per heavy atom. The van der Waals surface area contributed by atoms with E-state index in [1.54, 1.807) is 0 Å². The molecule has 2 atom stereocenters. The van der Waals surface area contributed by atoms with Crippen LogP contribution < -0.4 is 5.73 Å². The number of allylic oxidation sites excluding steroid dienone is 1. The molecule has 4 nitrogen and oxygen atoms in total. The molecule has 1 saturated heterocycles. The van der Waals surface area contributed by atoms with Crippen LogP contribution in [-0.4, -0.2) is 32.6 Å². The predicted molar refractivity (Wildman–Crippen MR) is 58.0 cm³/mol. The normalized spacial score (nSPS) is 31.8. The molecule has 2 rings (SSSR count). The lowest BCUT2D eigenvalue weighted by Gasteiger charge is -2.24. The summed E-state index contributed by atoms with van der Waals surface area (Å²) >= 11 is 0. The molecule has 5 heteroatoms. The molecule has 0 spiro atoms. The minimum atomic E-state index is -2.84. The maximum atomic E-state index is 11.3. The van der Waals surface area contributed by atoms with E-state index in [1.807, 2.05) is 6.08 Å². The molecule has 2 heterocycles. The summed E-state index contributed by atoms with van der Waals surface area (Å²) in [6.07, 6.45) is 4.69. The van der Waals surface area contributed by atoms with E-state index in [1.165, 1.54) is 0 Å². The molecule has 86 valence electrons. The molecule has 2 N–H and O–H groups in total. The number of rotatable bonds is 2. The van der Waals surface area contributed by atoms with Gasteiger partial charge in [0.15, 0.2) is 9.84 Å². The van der Waals surface area contributed by atoms with Gasteiger partial charge < -0.3 is 10.5 Å². The van der Waals surface area contributed by atoms with Gasteiger partial charge in [-0.05, 0) is 31.3 Å². The van der Waals surface area contributed by atoms with E-state index < -0.39 is 9.84 Å². The molecule has 0 amide bonds. The zero-order valence-electron chi connectivity index (χ0n) is 8.69. The average Bonchev–Trinajstić information content (AvgIpc) is 2.59. The third-order valence-electron chi connectivity index (χ3n) is 3.07. The fourth-order valence-corrected chi connectivity index (χ4v) is 4.00. The molecule has 0 aromatic heterocycles. The average molecular weight is 231 g/mol. The Hall–Kier alpha value is -0.550. The third-order valence-corrected chi connectivity index (χ3v) is 4.86. The minimum Gasteiger partial charge on any atom is -0.497 e. The lowest BCUT2D eigenvalue weighted by molar-refractivity contribution is 0.164. The lowest BCUT2D eigenvalue weighted by Crippen LogP contribution is -2.34. The second-order valence-electron chi connectivity index (χ2n) is 4.29. The molecule has 0 saturated carbocycles. The highest BCUT2D eigenvalue weighted by molar-refractivity contribution is 7.91. The van der Waals surface area contributed by atoms with Crippen LogP contribution in [0.25, 0.3) is 0 Å². The van der Waals surface area contributed by atoms with Crippen LogP contribution in [0.2, 0.25) is 0 Å². The summed E-state index contributed by atoms with van der Waals surface area (Å²) in [6, 6.07) is -0.234. The van der Waals surface area contributed by atoms with Crippen LogP contribution in [0.15, 0.2) is 11.8 Å². The van der Waals surface area contributed by atoms with E-state index in [0.29, 0.717) is 13.0 Å². The minimum absolute atomic E-state index is 0.0411. The molecule has 2 aliphatic heterocycles. The summed E-state index contributed by atoms with van der Waals surface area (Å²) in [5.74, 6) is 1.33. The van der Waals surface area contributed by atoms with Gasteiger partial charge in [0.05, 0.1) is 24.2 Å². The smallest absolute Gasteiger partial charge is 0.150 e. The van der Waals surface area contributed by atoms with Gasteiger partial charge in [-0.1, -0.05) is 0 Å². The first-order valence-electron chi connectivity index (χ1n) is 5.37. The molecule has 1 fully saturated rings. The topological polar surface area (TPSA) is 69.4 Å². The zero-order valence-corrected chi connectivity index (χ0v) is 9.50. The molecular weight excluding hydrogens is 214 g/mol. The van der Waals surface area contributed by atoms with Crippen LogP contribution in [0.5, 0.6) is 0 Å². The predicted octanol–water partition coefficient (Wildman–Crippen LogP) is 0.443. The highest BCUT2D eigenvalue weighted by atomic mass is 32.2. The Bertz CT molecular complexity index is 361. The second-order valence-corrected chi connectivity index (χ2v) is 6.51. The van der Waals surface area contributed by atoms with Crippen molar-refractivity contribution in [3.8, 4) is 0 Å².